The maximum atomic E-state index is 11.8. The van der Waals surface area contributed by atoms with E-state index in [1.807, 2.05) is 0 Å². The summed E-state index contributed by atoms with van der Waals surface area (Å²) in [4.78, 5) is 34.5. The van der Waals surface area contributed by atoms with Crippen LogP contribution in [0.1, 0.15) is 6.42 Å². The standard InChI is InChI=1S/C10H17N3O7S/c1-21(19,20)13-4-2-12(3-5-13)10(18)11-7(9(16)17)6-8(14)15/h7H,2-6H2,1H3,(H,11,18)(H,14,15)(H,16,17). The average Bonchev–Trinajstić information content (AvgIpc) is 2.36. The zero-order valence-corrected chi connectivity index (χ0v) is 12.2. The summed E-state index contributed by atoms with van der Waals surface area (Å²) in [5.74, 6) is -2.79. The molecule has 0 spiro atoms. The van der Waals surface area contributed by atoms with Crippen molar-refractivity contribution >= 4 is 28.0 Å². The molecular formula is C10H17N3O7S. The fraction of sp³-hybridized carbons (Fsp3) is 0.700. The number of piperazine rings is 1. The van der Waals surface area contributed by atoms with Crippen LogP contribution in [0.25, 0.3) is 0 Å². The molecule has 1 aliphatic rings. The van der Waals surface area contributed by atoms with Gasteiger partial charge in [0.2, 0.25) is 10.0 Å². The third-order valence-corrected chi connectivity index (χ3v) is 4.27. The molecule has 1 heterocycles. The van der Waals surface area contributed by atoms with Crippen molar-refractivity contribution < 1.29 is 33.0 Å². The zero-order chi connectivity index (χ0) is 16.2. The van der Waals surface area contributed by atoms with Crippen molar-refractivity contribution in [1.29, 1.82) is 0 Å². The zero-order valence-electron chi connectivity index (χ0n) is 11.4. The summed E-state index contributed by atoms with van der Waals surface area (Å²) in [7, 11) is -3.32. The van der Waals surface area contributed by atoms with Gasteiger partial charge in [-0.05, 0) is 0 Å². The van der Waals surface area contributed by atoms with Crippen molar-refractivity contribution in [1.82, 2.24) is 14.5 Å². The van der Waals surface area contributed by atoms with Crippen LogP contribution in [0.4, 0.5) is 4.79 Å². The van der Waals surface area contributed by atoms with Crippen molar-refractivity contribution in [3.05, 3.63) is 0 Å². The number of carboxylic acids is 2. The molecule has 11 heteroatoms. The molecule has 10 nitrogen and oxygen atoms in total. The molecule has 1 aliphatic heterocycles. The predicted molar refractivity (Wildman–Crippen MR) is 70.2 cm³/mol. The van der Waals surface area contributed by atoms with Crippen LogP contribution in [-0.4, -0.2) is 84.3 Å². The summed E-state index contributed by atoms with van der Waals surface area (Å²) < 4.78 is 23.8. The number of amides is 2. The molecule has 1 fully saturated rings. The lowest BCUT2D eigenvalue weighted by atomic mass is 10.2. The Kier molecular flexibility index (Phi) is 5.49. The van der Waals surface area contributed by atoms with Gasteiger partial charge in [-0.1, -0.05) is 0 Å². The summed E-state index contributed by atoms with van der Waals surface area (Å²) in [6.07, 6.45) is 0.334. The molecule has 0 aromatic heterocycles. The minimum absolute atomic E-state index is 0.109. The number of nitrogens with one attached hydrogen (secondary N) is 1. The summed E-state index contributed by atoms with van der Waals surface area (Å²) in [6.45, 7) is 0.447. The van der Waals surface area contributed by atoms with E-state index in [0.29, 0.717) is 0 Å². The summed E-state index contributed by atoms with van der Waals surface area (Å²) in [5.41, 5.74) is 0. The van der Waals surface area contributed by atoms with E-state index >= 15 is 0 Å². The first-order chi connectivity index (χ1) is 9.61. The topological polar surface area (TPSA) is 144 Å². The normalized spacial score (nSPS) is 18.0. The number of hydrogen-bond donors (Lipinski definition) is 3. The highest BCUT2D eigenvalue weighted by molar-refractivity contribution is 7.88. The monoisotopic (exact) mass is 323 g/mol. The van der Waals surface area contributed by atoms with Crippen molar-refractivity contribution in [3.63, 3.8) is 0 Å². The van der Waals surface area contributed by atoms with Crippen LogP contribution in [-0.2, 0) is 19.6 Å². The van der Waals surface area contributed by atoms with Gasteiger partial charge in [-0.15, -0.1) is 0 Å². The quantitative estimate of drug-likeness (QED) is 0.541. The van der Waals surface area contributed by atoms with E-state index in [4.69, 9.17) is 10.2 Å². The Bertz CT molecular complexity index is 525. The Labute approximate surface area is 121 Å². The third-order valence-electron chi connectivity index (χ3n) is 2.97. The molecule has 0 radical (unpaired) electrons. The first kappa shape index (κ1) is 17.2. The van der Waals surface area contributed by atoms with Gasteiger partial charge >= 0.3 is 18.0 Å². The van der Waals surface area contributed by atoms with Gasteiger partial charge in [-0.3, -0.25) is 4.79 Å². The first-order valence-corrected chi connectivity index (χ1v) is 7.91. The van der Waals surface area contributed by atoms with E-state index in [1.165, 1.54) is 9.21 Å². The summed E-state index contributed by atoms with van der Waals surface area (Å²) in [5, 5.41) is 19.5. The largest absolute Gasteiger partial charge is 0.481 e. The van der Waals surface area contributed by atoms with Crippen molar-refractivity contribution in [2.75, 3.05) is 32.4 Å². The smallest absolute Gasteiger partial charge is 0.326 e. The van der Waals surface area contributed by atoms with Gasteiger partial charge in [0.1, 0.15) is 6.04 Å². The van der Waals surface area contributed by atoms with E-state index in [-0.39, 0.29) is 26.2 Å². The van der Waals surface area contributed by atoms with E-state index in [1.54, 1.807) is 0 Å². The Morgan fingerprint density at radius 3 is 2.05 bits per heavy atom. The summed E-state index contributed by atoms with van der Waals surface area (Å²) in [6, 6.07) is -2.25. The van der Waals surface area contributed by atoms with Crippen LogP contribution < -0.4 is 5.32 Å². The van der Waals surface area contributed by atoms with Gasteiger partial charge in [0, 0.05) is 26.2 Å². The third kappa shape index (κ3) is 5.19. The molecule has 0 aromatic carbocycles. The van der Waals surface area contributed by atoms with Gasteiger partial charge in [-0.2, -0.15) is 4.31 Å². The van der Waals surface area contributed by atoms with Crippen LogP contribution in [0, 0.1) is 0 Å². The highest BCUT2D eigenvalue weighted by Crippen LogP contribution is 2.06. The second-order valence-corrected chi connectivity index (χ2v) is 6.57. The number of carbonyl (C=O) groups excluding carboxylic acids is 1. The lowest BCUT2D eigenvalue weighted by Crippen LogP contribution is -2.55. The first-order valence-electron chi connectivity index (χ1n) is 6.06. The Morgan fingerprint density at radius 1 is 1.14 bits per heavy atom. The van der Waals surface area contributed by atoms with Crippen molar-refractivity contribution in [2.24, 2.45) is 0 Å². The lowest BCUT2D eigenvalue weighted by molar-refractivity contribution is -0.145. The molecule has 0 bridgehead atoms. The molecule has 0 saturated carbocycles. The number of rotatable bonds is 5. The highest BCUT2D eigenvalue weighted by atomic mass is 32.2. The van der Waals surface area contributed by atoms with Gasteiger partial charge in [0.25, 0.3) is 0 Å². The van der Waals surface area contributed by atoms with Gasteiger partial charge in [0.05, 0.1) is 12.7 Å². The number of urea groups is 1. The number of carboxylic acid groups (broad SMARTS) is 2. The fourth-order valence-corrected chi connectivity index (χ4v) is 2.66. The van der Waals surface area contributed by atoms with Crippen LogP contribution in [0.15, 0.2) is 0 Å². The summed E-state index contributed by atoms with van der Waals surface area (Å²) >= 11 is 0. The Hall–Kier alpha value is -1.88. The molecule has 1 unspecified atom stereocenters. The number of sulfonamides is 1. The highest BCUT2D eigenvalue weighted by Gasteiger charge is 2.29. The van der Waals surface area contributed by atoms with E-state index in [0.717, 1.165) is 6.26 Å². The van der Waals surface area contributed by atoms with E-state index < -0.39 is 40.5 Å². The molecule has 0 aliphatic carbocycles. The molecule has 1 rings (SSSR count). The molecular weight excluding hydrogens is 306 g/mol. The molecule has 3 N–H and O–H groups in total. The number of carbonyl (C=O) groups is 3. The minimum atomic E-state index is -3.32. The molecule has 120 valence electrons. The average molecular weight is 323 g/mol. The molecule has 2 amide bonds. The predicted octanol–water partition coefficient (Wildman–Crippen LogP) is -1.80. The van der Waals surface area contributed by atoms with Crippen molar-refractivity contribution in [3.8, 4) is 0 Å². The van der Waals surface area contributed by atoms with Crippen LogP contribution in [0.5, 0.6) is 0 Å². The van der Waals surface area contributed by atoms with Crippen molar-refractivity contribution in [2.45, 2.75) is 12.5 Å². The second-order valence-electron chi connectivity index (χ2n) is 4.59. The van der Waals surface area contributed by atoms with Gasteiger partial charge in [-0.25, -0.2) is 18.0 Å². The maximum Gasteiger partial charge on any atom is 0.326 e. The molecule has 21 heavy (non-hydrogen) atoms. The molecule has 1 atom stereocenters. The SMILES string of the molecule is CS(=O)(=O)N1CCN(C(=O)NC(CC(=O)O)C(=O)O)CC1. The van der Waals surface area contributed by atoms with E-state index in [9.17, 15) is 22.8 Å². The number of hydrogen-bond acceptors (Lipinski definition) is 5. The van der Waals surface area contributed by atoms with E-state index in [2.05, 4.69) is 5.32 Å². The maximum absolute atomic E-state index is 11.8. The lowest BCUT2D eigenvalue weighted by Gasteiger charge is -2.33. The van der Waals surface area contributed by atoms with Crippen LogP contribution in [0.3, 0.4) is 0 Å². The minimum Gasteiger partial charge on any atom is -0.481 e. The molecule has 1 saturated heterocycles. The Morgan fingerprint density at radius 2 is 1.67 bits per heavy atom. The van der Waals surface area contributed by atoms with Gasteiger partial charge < -0.3 is 20.4 Å². The van der Waals surface area contributed by atoms with Gasteiger partial charge in [0.15, 0.2) is 0 Å². The second kappa shape index (κ2) is 6.72. The number of nitrogens with zero attached hydrogens (tertiary/aromatic N) is 2. The number of aliphatic carboxylic acids is 2. The Balaban J connectivity index is 2.57. The molecule has 0 aromatic rings. The fourth-order valence-electron chi connectivity index (χ4n) is 1.84. The van der Waals surface area contributed by atoms with Crippen LogP contribution in [0.2, 0.25) is 0 Å². The van der Waals surface area contributed by atoms with Crippen LogP contribution >= 0.6 is 0 Å².